The van der Waals surface area contributed by atoms with Crippen molar-refractivity contribution >= 4 is 28.6 Å². The van der Waals surface area contributed by atoms with E-state index in [4.69, 9.17) is 5.11 Å². The summed E-state index contributed by atoms with van der Waals surface area (Å²) in [7, 11) is 0. The molecule has 102 valence electrons. The quantitative estimate of drug-likeness (QED) is 0.891. The van der Waals surface area contributed by atoms with Crippen molar-refractivity contribution in [1.29, 1.82) is 0 Å². The molecule has 0 amide bonds. The summed E-state index contributed by atoms with van der Waals surface area (Å²) < 4.78 is 2.16. The predicted octanol–water partition coefficient (Wildman–Crippen LogP) is 4.17. The van der Waals surface area contributed by atoms with Gasteiger partial charge in [-0.1, -0.05) is 13.0 Å². The Balaban J connectivity index is 2.57. The van der Waals surface area contributed by atoms with Crippen LogP contribution in [0.3, 0.4) is 0 Å². The van der Waals surface area contributed by atoms with E-state index >= 15 is 0 Å². The third-order valence-electron chi connectivity index (χ3n) is 3.18. The Bertz CT molecular complexity index is 601. The van der Waals surface area contributed by atoms with E-state index in [2.05, 4.69) is 31.5 Å². The second kappa shape index (κ2) is 5.70. The molecule has 1 N–H and O–H groups in total. The number of nitrogens with zero attached hydrogens (tertiary/aromatic N) is 1. The fourth-order valence-corrected chi connectivity index (χ4v) is 2.87. The molecule has 0 aliphatic heterocycles. The molecular formula is C15H19NO2S. The summed E-state index contributed by atoms with van der Waals surface area (Å²) in [5.74, 6) is 1.18. The molecule has 19 heavy (non-hydrogen) atoms. The largest absolute Gasteiger partial charge is 0.478 e. The summed E-state index contributed by atoms with van der Waals surface area (Å²) >= 11 is 1.88. The van der Waals surface area contributed by atoms with E-state index in [9.17, 15) is 4.79 Å². The lowest BCUT2D eigenvalue weighted by Gasteiger charge is -2.09. The van der Waals surface area contributed by atoms with E-state index in [1.54, 1.807) is 12.1 Å². The number of benzene rings is 1. The third kappa shape index (κ3) is 2.78. The van der Waals surface area contributed by atoms with Crippen LogP contribution in [0.1, 0.15) is 42.7 Å². The predicted molar refractivity (Wildman–Crippen MR) is 81.1 cm³/mol. The van der Waals surface area contributed by atoms with E-state index in [0.717, 1.165) is 17.0 Å². The normalized spacial score (nSPS) is 11.4. The van der Waals surface area contributed by atoms with Gasteiger partial charge in [-0.2, -0.15) is 11.8 Å². The van der Waals surface area contributed by atoms with Gasteiger partial charge < -0.3 is 9.67 Å². The van der Waals surface area contributed by atoms with Crippen molar-refractivity contribution in [2.75, 3.05) is 5.75 Å². The number of hydrogen-bond acceptors (Lipinski definition) is 2. The van der Waals surface area contributed by atoms with Crippen molar-refractivity contribution in [3.05, 3.63) is 35.5 Å². The van der Waals surface area contributed by atoms with Crippen LogP contribution in [0.5, 0.6) is 0 Å². The van der Waals surface area contributed by atoms with Crippen LogP contribution in [0.15, 0.2) is 24.4 Å². The van der Waals surface area contributed by atoms with Crippen LogP contribution in [0, 0.1) is 0 Å². The molecule has 0 spiro atoms. The Morgan fingerprint density at radius 1 is 1.42 bits per heavy atom. The molecule has 1 aromatic heterocycles. The van der Waals surface area contributed by atoms with Gasteiger partial charge >= 0.3 is 5.97 Å². The van der Waals surface area contributed by atoms with Crippen molar-refractivity contribution in [2.24, 2.45) is 0 Å². The Morgan fingerprint density at radius 3 is 2.74 bits per heavy atom. The van der Waals surface area contributed by atoms with Gasteiger partial charge in [-0.25, -0.2) is 4.79 Å². The van der Waals surface area contributed by atoms with Gasteiger partial charge in [0.05, 0.1) is 5.56 Å². The van der Waals surface area contributed by atoms with Gasteiger partial charge in [0, 0.05) is 28.9 Å². The summed E-state index contributed by atoms with van der Waals surface area (Å²) in [6, 6.07) is 5.73. The molecule has 4 heteroatoms. The Kier molecular flexibility index (Phi) is 4.20. The molecule has 0 atom stereocenters. The highest BCUT2D eigenvalue weighted by Crippen LogP contribution is 2.28. The summed E-state index contributed by atoms with van der Waals surface area (Å²) in [6.45, 7) is 6.38. The second-order valence-electron chi connectivity index (χ2n) is 4.83. The van der Waals surface area contributed by atoms with Crippen molar-refractivity contribution in [3.8, 4) is 0 Å². The fraction of sp³-hybridized carbons (Fsp3) is 0.400. The minimum absolute atomic E-state index is 0.326. The first-order valence-corrected chi connectivity index (χ1v) is 7.64. The highest BCUT2D eigenvalue weighted by Gasteiger charge is 2.13. The zero-order valence-electron chi connectivity index (χ0n) is 11.5. The van der Waals surface area contributed by atoms with E-state index in [0.29, 0.717) is 11.6 Å². The third-order valence-corrected chi connectivity index (χ3v) is 4.11. The standard InChI is InChI=1S/C15H19NO2S/c1-4-19-9-12-8-16(10(2)3)14-7-11(15(17)18)5-6-13(12)14/h5-8,10H,4,9H2,1-3H3,(H,17,18). The SMILES string of the molecule is CCSCc1cn(C(C)C)c2cc(C(=O)O)ccc12. The van der Waals surface area contributed by atoms with Crippen LogP contribution in [0.25, 0.3) is 10.9 Å². The number of aromatic carboxylic acids is 1. The van der Waals surface area contributed by atoms with E-state index < -0.39 is 5.97 Å². The minimum Gasteiger partial charge on any atom is -0.478 e. The Morgan fingerprint density at radius 2 is 2.16 bits per heavy atom. The Labute approximate surface area is 117 Å². The van der Waals surface area contributed by atoms with E-state index in [-0.39, 0.29) is 0 Å². The lowest BCUT2D eigenvalue weighted by molar-refractivity contribution is 0.0697. The van der Waals surface area contributed by atoms with Crippen molar-refractivity contribution in [2.45, 2.75) is 32.6 Å². The first-order chi connectivity index (χ1) is 9.04. The first-order valence-electron chi connectivity index (χ1n) is 6.49. The van der Waals surface area contributed by atoms with Gasteiger partial charge in [-0.3, -0.25) is 0 Å². The number of carboxylic acids is 1. The lowest BCUT2D eigenvalue weighted by Crippen LogP contribution is -2.00. The maximum atomic E-state index is 11.1. The topological polar surface area (TPSA) is 42.2 Å². The number of fused-ring (bicyclic) bond motifs is 1. The van der Waals surface area contributed by atoms with Gasteiger partial charge in [-0.15, -0.1) is 0 Å². The van der Waals surface area contributed by atoms with Gasteiger partial charge in [0.15, 0.2) is 0 Å². The zero-order chi connectivity index (χ0) is 14.0. The number of carbonyl (C=O) groups is 1. The maximum Gasteiger partial charge on any atom is 0.335 e. The summed E-state index contributed by atoms with van der Waals surface area (Å²) in [5, 5.41) is 10.3. The molecule has 0 fully saturated rings. The molecule has 0 bridgehead atoms. The first kappa shape index (κ1) is 14.0. The average molecular weight is 277 g/mol. The summed E-state index contributed by atoms with van der Waals surface area (Å²) in [5.41, 5.74) is 2.65. The van der Waals surface area contributed by atoms with Crippen LogP contribution in [0.2, 0.25) is 0 Å². The van der Waals surface area contributed by atoms with Crippen LogP contribution in [0.4, 0.5) is 0 Å². The number of rotatable bonds is 5. The van der Waals surface area contributed by atoms with E-state index in [1.165, 1.54) is 10.9 Å². The Hall–Kier alpha value is -1.42. The molecule has 0 saturated heterocycles. The smallest absolute Gasteiger partial charge is 0.335 e. The minimum atomic E-state index is -0.872. The number of thioether (sulfide) groups is 1. The second-order valence-corrected chi connectivity index (χ2v) is 6.10. The molecule has 0 aliphatic carbocycles. The highest BCUT2D eigenvalue weighted by molar-refractivity contribution is 7.98. The van der Waals surface area contributed by atoms with Gasteiger partial charge in [0.25, 0.3) is 0 Å². The molecular weight excluding hydrogens is 258 g/mol. The van der Waals surface area contributed by atoms with Crippen LogP contribution in [-0.4, -0.2) is 21.4 Å². The molecule has 1 heterocycles. The summed E-state index contributed by atoms with van der Waals surface area (Å²) in [4.78, 5) is 11.1. The zero-order valence-corrected chi connectivity index (χ0v) is 12.3. The molecule has 0 aliphatic rings. The maximum absolute atomic E-state index is 11.1. The van der Waals surface area contributed by atoms with Crippen molar-refractivity contribution < 1.29 is 9.90 Å². The molecule has 3 nitrogen and oxygen atoms in total. The summed E-state index contributed by atoms with van der Waals surface area (Å²) in [6.07, 6.45) is 2.16. The monoisotopic (exact) mass is 277 g/mol. The highest BCUT2D eigenvalue weighted by atomic mass is 32.2. The fourth-order valence-electron chi connectivity index (χ4n) is 2.21. The van der Waals surface area contributed by atoms with Crippen molar-refractivity contribution in [1.82, 2.24) is 4.57 Å². The van der Waals surface area contributed by atoms with Gasteiger partial charge in [-0.05, 0) is 37.3 Å². The van der Waals surface area contributed by atoms with Gasteiger partial charge in [0.2, 0.25) is 0 Å². The molecule has 1 aromatic carbocycles. The molecule has 2 aromatic rings. The average Bonchev–Trinajstić information content (AvgIpc) is 2.74. The van der Waals surface area contributed by atoms with Gasteiger partial charge in [0.1, 0.15) is 0 Å². The number of hydrogen-bond donors (Lipinski definition) is 1. The molecule has 2 rings (SSSR count). The van der Waals surface area contributed by atoms with Crippen LogP contribution >= 0.6 is 11.8 Å². The number of carboxylic acid groups (broad SMARTS) is 1. The van der Waals surface area contributed by atoms with Crippen LogP contribution < -0.4 is 0 Å². The number of aromatic nitrogens is 1. The lowest BCUT2D eigenvalue weighted by atomic mass is 10.1. The van der Waals surface area contributed by atoms with Crippen molar-refractivity contribution in [3.63, 3.8) is 0 Å². The van der Waals surface area contributed by atoms with Crippen LogP contribution in [-0.2, 0) is 5.75 Å². The molecule has 0 radical (unpaired) electrons. The van der Waals surface area contributed by atoms with E-state index in [1.807, 2.05) is 17.8 Å². The molecule has 0 saturated carbocycles. The molecule has 0 unspecified atom stereocenters.